The van der Waals surface area contributed by atoms with Crippen molar-refractivity contribution in [2.45, 2.75) is 13.3 Å². The highest BCUT2D eigenvalue weighted by molar-refractivity contribution is 5.94. The van der Waals surface area contributed by atoms with Crippen LogP contribution < -0.4 is 9.64 Å². The number of H-pyrrole nitrogens is 1. The van der Waals surface area contributed by atoms with Gasteiger partial charge in [-0.2, -0.15) is 5.10 Å². The summed E-state index contributed by atoms with van der Waals surface area (Å²) >= 11 is 0. The lowest BCUT2D eigenvalue weighted by molar-refractivity contribution is 0.0766. The van der Waals surface area contributed by atoms with Crippen molar-refractivity contribution in [3.05, 3.63) is 59.9 Å². The number of nitrogens with one attached hydrogen (secondary N) is 1. The topological polar surface area (TPSA) is 74.3 Å². The predicted octanol–water partition coefficient (Wildman–Crippen LogP) is 3.14. The first kappa shape index (κ1) is 19.0. The first-order valence-electron chi connectivity index (χ1n) is 9.81. The van der Waals surface area contributed by atoms with E-state index < -0.39 is 0 Å². The van der Waals surface area contributed by atoms with Crippen LogP contribution in [0, 0.1) is 6.92 Å². The Morgan fingerprint density at radius 3 is 2.62 bits per heavy atom. The number of hydrogen-bond donors (Lipinski definition) is 1. The molecule has 2 aromatic heterocycles. The van der Waals surface area contributed by atoms with Crippen molar-refractivity contribution in [3.8, 4) is 17.0 Å². The van der Waals surface area contributed by atoms with Crippen LogP contribution in [0.4, 0.5) is 5.82 Å². The van der Waals surface area contributed by atoms with Crippen molar-refractivity contribution in [3.63, 3.8) is 0 Å². The summed E-state index contributed by atoms with van der Waals surface area (Å²) in [6, 6.07) is 13.7. The second-order valence-electron chi connectivity index (χ2n) is 7.19. The van der Waals surface area contributed by atoms with Crippen LogP contribution >= 0.6 is 0 Å². The Morgan fingerprint density at radius 1 is 1.07 bits per heavy atom. The van der Waals surface area contributed by atoms with E-state index in [1.165, 1.54) is 0 Å². The molecule has 1 saturated heterocycles. The van der Waals surface area contributed by atoms with E-state index >= 15 is 0 Å². The lowest BCUT2D eigenvalue weighted by atomic mass is 10.1. The van der Waals surface area contributed by atoms with Gasteiger partial charge >= 0.3 is 0 Å². The molecule has 0 aliphatic carbocycles. The average Bonchev–Trinajstić information content (AvgIpc) is 3.12. The zero-order valence-electron chi connectivity index (χ0n) is 16.8. The summed E-state index contributed by atoms with van der Waals surface area (Å²) < 4.78 is 5.22. The van der Waals surface area contributed by atoms with Gasteiger partial charge in [-0.15, -0.1) is 0 Å². The van der Waals surface area contributed by atoms with Gasteiger partial charge in [-0.25, -0.2) is 0 Å². The molecule has 7 heteroatoms. The van der Waals surface area contributed by atoms with E-state index in [4.69, 9.17) is 4.74 Å². The van der Waals surface area contributed by atoms with Crippen LogP contribution in [0.15, 0.2) is 48.7 Å². The van der Waals surface area contributed by atoms with E-state index in [1.807, 2.05) is 48.2 Å². The number of aromatic nitrogens is 3. The number of pyridine rings is 1. The minimum Gasteiger partial charge on any atom is -0.497 e. The number of hydrogen-bond acceptors (Lipinski definition) is 5. The van der Waals surface area contributed by atoms with Gasteiger partial charge in [0.1, 0.15) is 5.75 Å². The SMILES string of the molecule is COc1ccc(-c2cc(N3CCCN(C(=O)c4ccc(C)nc4)CC3)n[nH]2)cc1. The third-order valence-electron chi connectivity index (χ3n) is 5.23. The zero-order chi connectivity index (χ0) is 20.2. The fourth-order valence-corrected chi connectivity index (χ4v) is 3.52. The van der Waals surface area contributed by atoms with Gasteiger partial charge in [-0.3, -0.25) is 14.9 Å². The molecule has 1 fully saturated rings. The number of aryl methyl sites for hydroxylation is 1. The van der Waals surface area contributed by atoms with Crippen LogP contribution in [0.1, 0.15) is 22.5 Å². The average molecular weight is 391 g/mol. The van der Waals surface area contributed by atoms with E-state index in [0.717, 1.165) is 54.6 Å². The molecule has 0 atom stereocenters. The molecular formula is C22H25N5O2. The first-order valence-corrected chi connectivity index (χ1v) is 9.81. The molecule has 1 aromatic carbocycles. The Bertz CT molecular complexity index is 966. The van der Waals surface area contributed by atoms with Gasteiger partial charge in [0.05, 0.1) is 18.4 Å². The summed E-state index contributed by atoms with van der Waals surface area (Å²) in [5.74, 6) is 1.77. The molecule has 0 saturated carbocycles. The van der Waals surface area contributed by atoms with Gasteiger partial charge in [0.25, 0.3) is 5.91 Å². The number of anilines is 1. The Balaban J connectivity index is 1.42. The second kappa shape index (κ2) is 8.34. The molecule has 4 rings (SSSR count). The highest BCUT2D eigenvalue weighted by atomic mass is 16.5. The summed E-state index contributed by atoms with van der Waals surface area (Å²) in [6.45, 7) is 4.93. The third-order valence-corrected chi connectivity index (χ3v) is 5.23. The highest BCUT2D eigenvalue weighted by Crippen LogP contribution is 2.24. The van der Waals surface area contributed by atoms with Gasteiger partial charge in [0.2, 0.25) is 0 Å². The van der Waals surface area contributed by atoms with Crippen molar-refractivity contribution in [2.24, 2.45) is 0 Å². The maximum absolute atomic E-state index is 12.8. The van der Waals surface area contributed by atoms with E-state index in [9.17, 15) is 4.79 Å². The molecule has 0 bridgehead atoms. The van der Waals surface area contributed by atoms with Crippen molar-refractivity contribution >= 4 is 11.7 Å². The fourth-order valence-electron chi connectivity index (χ4n) is 3.52. The van der Waals surface area contributed by atoms with Gasteiger partial charge in [0.15, 0.2) is 5.82 Å². The Kier molecular flexibility index (Phi) is 5.46. The van der Waals surface area contributed by atoms with Crippen LogP contribution in [0.3, 0.4) is 0 Å². The lowest BCUT2D eigenvalue weighted by Crippen LogP contribution is -2.35. The van der Waals surface area contributed by atoms with Gasteiger partial charge in [0, 0.05) is 44.1 Å². The summed E-state index contributed by atoms with van der Waals surface area (Å²) in [5.41, 5.74) is 3.58. The number of ether oxygens (including phenoxy) is 1. The molecule has 150 valence electrons. The highest BCUT2D eigenvalue weighted by Gasteiger charge is 2.22. The number of nitrogens with zero attached hydrogens (tertiary/aromatic N) is 4. The second-order valence-corrected chi connectivity index (χ2v) is 7.19. The first-order chi connectivity index (χ1) is 14.1. The number of carbonyl (C=O) groups is 1. The van der Waals surface area contributed by atoms with E-state index in [-0.39, 0.29) is 5.91 Å². The molecule has 1 aliphatic rings. The van der Waals surface area contributed by atoms with Gasteiger partial charge in [-0.05, 0) is 55.3 Å². The number of carbonyl (C=O) groups excluding carboxylic acids is 1. The maximum Gasteiger partial charge on any atom is 0.255 e. The standard InChI is InChI=1S/C22H25N5O2/c1-16-4-5-18(15-23-16)22(28)27-11-3-10-26(12-13-27)21-14-20(24-25-21)17-6-8-19(29-2)9-7-17/h4-9,14-15H,3,10-13H2,1-2H3,(H,24,25). The summed E-state index contributed by atoms with van der Waals surface area (Å²) in [4.78, 5) is 21.2. The minimum atomic E-state index is 0.0419. The van der Waals surface area contributed by atoms with E-state index in [1.54, 1.807) is 13.3 Å². The van der Waals surface area contributed by atoms with Gasteiger partial charge in [-0.1, -0.05) is 0 Å². The molecule has 1 amide bonds. The number of aromatic amines is 1. The lowest BCUT2D eigenvalue weighted by Gasteiger charge is -2.21. The van der Waals surface area contributed by atoms with Gasteiger partial charge < -0.3 is 14.5 Å². The largest absolute Gasteiger partial charge is 0.497 e. The molecule has 29 heavy (non-hydrogen) atoms. The molecule has 7 nitrogen and oxygen atoms in total. The summed E-state index contributed by atoms with van der Waals surface area (Å²) in [6.07, 6.45) is 2.56. The number of amides is 1. The Morgan fingerprint density at radius 2 is 1.90 bits per heavy atom. The molecule has 3 aromatic rings. The third kappa shape index (κ3) is 4.23. The van der Waals surface area contributed by atoms with Crippen LogP contribution in [0.5, 0.6) is 5.75 Å². The van der Waals surface area contributed by atoms with Crippen molar-refractivity contribution in [1.82, 2.24) is 20.1 Å². The van der Waals surface area contributed by atoms with Crippen molar-refractivity contribution < 1.29 is 9.53 Å². The summed E-state index contributed by atoms with van der Waals surface area (Å²) in [7, 11) is 1.66. The molecule has 0 radical (unpaired) electrons. The zero-order valence-corrected chi connectivity index (χ0v) is 16.8. The molecule has 3 heterocycles. The monoisotopic (exact) mass is 391 g/mol. The number of methoxy groups -OCH3 is 1. The fraction of sp³-hybridized carbons (Fsp3) is 0.318. The molecule has 1 aliphatic heterocycles. The summed E-state index contributed by atoms with van der Waals surface area (Å²) in [5, 5.41) is 7.62. The predicted molar refractivity (Wildman–Crippen MR) is 112 cm³/mol. The molecule has 0 unspecified atom stereocenters. The normalized spacial score (nSPS) is 14.6. The van der Waals surface area contributed by atoms with E-state index in [0.29, 0.717) is 12.1 Å². The Labute approximate surface area is 170 Å². The molecular weight excluding hydrogens is 366 g/mol. The molecule has 0 spiro atoms. The van der Waals surface area contributed by atoms with Crippen LogP contribution in [0.2, 0.25) is 0 Å². The van der Waals surface area contributed by atoms with Crippen molar-refractivity contribution in [2.75, 3.05) is 38.2 Å². The number of benzene rings is 1. The van der Waals surface area contributed by atoms with Crippen LogP contribution in [-0.2, 0) is 0 Å². The minimum absolute atomic E-state index is 0.0419. The van der Waals surface area contributed by atoms with Crippen molar-refractivity contribution in [1.29, 1.82) is 0 Å². The van der Waals surface area contributed by atoms with Crippen LogP contribution in [0.25, 0.3) is 11.3 Å². The Hall–Kier alpha value is -3.35. The number of rotatable bonds is 4. The van der Waals surface area contributed by atoms with Crippen LogP contribution in [-0.4, -0.2) is 59.3 Å². The smallest absolute Gasteiger partial charge is 0.255 e. The quantitative estimate of drug-likeness (QED) is 0.740. The molecule has 1 N–H and O–H groups in total. The maximum atomic E-state index is 12.8. The van der Waals surface area contributed by atoms with E-state index in [2.05, 4.69) is 26.1 Å².